The second-order valence-electron chi connectivity index (χ2n) is 8.45. The smallest absolute Gasteiger partial charge is 0.325 e. The standard InChI is InChI=1S/C21H29N5O3/c1-15(2)26-18(27)21(23-20(26)29)10-13-25(14-21)19(28)22-16-8-4-5-9-17(16)24-11-6-3-7-12-24/h4-5,8-9,15H,3,6-7,10-14H2,1-2H3,(H,22,28)(H,23,29). The summed E-state index contributed by atoms with van der Waals surface area (Å²) in [5.74, 6) is -0.235. The van der Waals surface area contributed by atoms with Gasteiger partial charge in [-0.25, -0.2) is 9.59 Å². The van der Waals surface area contributed by atoms with Gasteiger partial charge in [0, 0.05) is 25.7 Å². The van der Waals surface area contributed by atoms with Crippen molar-refractivity contribution in [3.63, 3.8) is 0 Å². The van der Waals surface area contributed by atoms with E-state index in [0.29, 0.717) is 13.0 Å². The molecule has 0 bridgehead atoms. The molecule has 3 fully saturated rings. The summed E-state index contributed by atoms with van der Waals surface area (Å²) < 4.78 is 0. The van der Waals surface area contributed by atoms with E-state index in [1.54, 1.807) is 4.90 Å². The summed E-state index contributed by atoms with van der Waals surface area (Å²) in [6.45, 7) is 6.23. The molecular weight excluding hydrogens is 370 g/mol. The Balaban J connectivity index is 1.46. The molecule has 1 aromatic rings. The lowest BCUT2D eigenvalue weighted by Crippen LogP contribution is -2.50. The van der Waals surface area contributed by atoms with Crippen LogP contribution in [0.4, 0.5) is 21.0 Å². The van der Waals surface area contributed by atoms with E-state index in [2.05, 4.69) is 15.5 Å². The van der Waals surface area contributed by atoms with Crippen LogP contribution < -0.4 is 15.5 Å². The summed E-state index contributed by atoms with van der Waals surface area (Å²) in [5, 5.41) is 5.85. The fraction of sp³-hybridized carbons (Fsp3) is 0.571. The number of rotatable bonds is 3. The van der Waals surface area contributed by atoms with Crippen molar-refractivity contribution >= 4 is 29.3 Å². The number of hydrogen-bond donors (Lipinski definition) is 2. The number of para-hydroxylation sites is 2. The predicted molar refractivity (Wildman–Crippen MR) is 111 cm³/mol. The van der Waals surface area contributed by atoms with Gasteiger partial charge < -0.3 is 20.4 Å². The van der Waals surface area contributed by atoms with Crippen LogP contribution in [0.1, 0.15) is 39.5 Å². The van der Waals surface area contributed by atoms with Gasteiger partial charge in [-0.2, -0.15) is 0 Å². The molecule has 0 radical (unpaired) electrons. The third-order valence-corrected chi connectivity index (χ3v) is 6.11. The first kappa shape index (κ1) is 19.5. The Morgan fingerprint density at radius 3 is 2.52 bits per heavy atom. The molecule has 156 valence electrons. The molecule has 5 amide bonds. The van der Waals surface area contributed by atoms with Gasteiger partial charge in [-0.05, 0) is 51.7 Å². The zero-order valence-electron chi connectivity index (χ0n) is 17.1. The van der Waals surface area contributed by atoms with Crippen LogP contribution in [0.2, 0.25) is 0 Å². The first-order valence-corrected chi connectivity index (χ1v) is 10.5. The van der Waals surface area contributed by atoms with E-state index in [9.17, 15) is 14.4 Å². The van der Waals surface area contributed by atoms with E-state index >= 15 is 0 Å². The van der Waals surface area contributed by atoms with Crippen molar-refractivity contribution in [1.29, 1.82) is 0 Å². The normalized spacial score (nSPS) is 24.6. The highest BCUT2D eigenvalue weighted by Crippen LogP contribution is 2.32. The van der Waals surface area contributed by atoms with Crippen LogP contribution in [0.15, 0.2) is 24.3 Å². The minimum atomic E-state index is -0.995. The zero-order valence-corrected chi connectivity index (χ0v) is 17.1. The number of piperidine rings is 1. The van der Waals surface area contributed by atoms with Gasteiger partial charge in [-0.3, -0.25) is 9.69 Å². The van der Waals surface area contributed by atoms with Crippen molar-refractivity contribution < 1.29 is 14.4 Å². The fourth-order valence-corrected chi connectivity index (χ4v) is 4.55. The van der Waals surface area contributed by atoms with Crippen molar-refractivity contribution in [2.45, 2.75) is 51.1 Å². The molecule has 1 aromatic carbocycles. The van der Waals surface area contributed by atoms with Crippen molar-refractivity contribution in [3.05, 3.63) is 24.3 Å². The van der Waals surface area contributed by atoms with Crippen LogP contribution in [0.25, 0.3) is 0 Å². The van der Waals surface area contributed by atoms with Gasteiger partial charge in [0.25, 0.3) is 5.91 Å². The van der Waals surface area contributed by atoms with Gasteiger partial charge in [0.05, 0.1) is 17.9 Å². The van der Waals surface area contributed by atoms with Gasteiger partial charge in [-0.15, -0.1) is 0 Å². The highest BCUT2D eigenvalue weighted by Gasteiger charge is 2.56. The van der Waals surface area contributed by atoms with Gasteiger partial charge >= 0.3 is 12.1 Å². The van der Waals surface area contributed by atoms with Crippen LogP contribution >= 0.6 is 0 Å². The third kappa shape index (κ3) is 3.52. The predicted octanol–water partition coefficient (Wildman–Crippen LogP) is 2.61. The molecule has 0 saturated carbocycles. The lowest BCUT2D eigenvalue weighted by atomic mass is 9.99. The number of nitrogens with one attached hydrogen (secondary N) is 2. The molecule has 8 nitrogen and oxygen atoms in total. The minimum Gasteiger partial charge on any atom is -0.370 e. The molecular formula is C21H29N5O3. The van der Waals surface area contributed by atoms with E-state index in [1.165, 1.54) is 11.3 Å². The lowest BCUT2D eigenvalue weighted by molar-refractivity contribution is -0.131. The number of benzene rings is 1. The molecule has 3 heterocycles. The van der Waals surface area contributed by atoms with Crippen LogP contribution in [-0.4, -0.2) is 65.5 Å². The highest BCUT2D eigenvalue weighted by atomic mass is 16.2. The molecule has 29 heavy (non-hydrogen) atoms. The number of carbonyl (C=O) groups excluding carboxylic acids is 3. The molecule has 8 heteroatoms. The van der Waals surface area contributed by atoms with Crippen molar-refractivity contribution in [2.24, 2.45) is 0 Å². The quantitative estimate of drug-likeness (QED) is 0.765. The second kappa shape index (κ2) is 7.57. The molecule has 3 saturated heterocycles. The number of urea groups is 2. The number of anilines is 2. The van der Waals surface area contributed by atoms with Crippen LogP contribution in [0, 0.1) is 0 Å². The molecule has 1 atom stereocenters. The Labute approximate surface area is 171 Å². The van der Waals surface area contributed by atoms with Crippen LogP contribution in [-0.2, 0) is 4.79 Å². The molecule has 1 unspecified atom stereocenters. The Bertz CT molecular complexity index is 820. The monoisotopic (exact) mass is 399 g/mol. The number of amides is 5. The Kier molecular flexibility index (Phi) is 5.10. The average Bonchev–Trinajstić information content (AvgIpc) is 3.24. The summed E-state index contributed by atoms with van der Waals surface area (Å²) in [7, 11) is 0. The molecule has 3 aliphatic heterocycles. The largest absolute Gasteiger partial charge is 0.370 e. The average molecular weight is 399 g/mol. The number of nitrogens with zero attached hydrogens (tertiary/aromatic N) is 3. The number of hydrogen-bond acceptors (Lipinski definition) is 4. The van der Waals surface area contributed by atoms with Crippen molar-refractivity contribution in [1.82, 2.24) is 15.1 Å². The summed E-state index contributed by atoms with van der Waals surface area (Å²) in [6, 6.07) is 7.03. The maximum atomic E-state index is 13.0. The first-order chi connectivity index (χ1) is 13.9. The van der Waals surface area contributed by atoms with Crippen LogP contribution in [0.3, 0.4) is 0 Å². The zero-order chi connectivity index (χ0) is 20.6. The number of imide groups is 1. The molecule has 1 spiro atoms. The maximum Gasteiger partial charge on any atom is 0.325 e. The second-order valence-corrected chi connectivity index (χ2v) is 8.45. The first-order valence-electron chi connectivity index (χ1n) is 10.5. The maximum absolute atomic E-state index is 13.0. The summed E-state index contributed by atoms with van der Waals surface area (Å²) in [6.07, 6.45) is 3.99. The van der Waals surface area contributed by atoms with Gasteiger partial charge in [0.15, 0.2) is 0 Å². The van der Waals surface area contributed by atoms with Gasteiger partial charge in [0.2, 0.25) is 0 Å². The molecule has 4 rings (SSSR count). The van der Waals surface area contributed by atoms with Crippen molar-refractivity contribution in [2.75, 3.05) is 36.4 Å². The SMILES string of the molecule is CC(C)N1C(=O)NC2(CCN(C(=O)Nc3ccccc3N3CCCCC3)C2)C1=O. The van der Waals surface area contributed by atoms with Gasteiger partial charge in [0.1, 0.15) is 5.54 Å². The van der Waals surface area contributed by atoms with E-state index in [0.717, 1.165) is 37.3 Å². The van der Waals surface area contributed by atoms with E-state index in [-0.39, 0.29) is 30.6 Å². The van der Waals surface area contributed by atoms with E-state index in [1.807, 2.05) is 38.1 Å². The summed E-state index contributed by atoms with van der Waals surface area (Å²) in [4.78, 5) is 43.2. The third-order valence-electron chi connectivity index (χ3n) is 6.11. The summed E-state index contributed by atoms with van der Waals surface area (Å²) in [5.41, 5.74) is 0.821. The van der Waals surface area contributed by atoms with E-state index < -0.39 is 5.54 Å². The number of carbonyl (C=O) groups is 3. The Morgan fingerprint density at radius 2 is 1.83 bits per heavy atom. The topological polar surface area (TPSA) is 85.0 Å². The highest BCUT2D eigenvalue weighted by molar-refractivity contribution is 6.08. The van der Waals surface area contributed by atoms with Crippen LogP contribution in [0.5, 0.6) is 0 Å². The minimum absolute atomic E-state index is 0.193. The Hall–Kier alpha value is -2.77. The van der Waals surface area contributed by atoms with E-state index in [4.69, 9.17) is 0 Å². The van der Waals surface area contributed by atoms with Crippen molar-refractivity contribution in [3.8, 4) is 0 Å². The lowest BCUT2D eigenvalue weighted by Gasteiger charge is -2.31. The fourth-order valence-electron chi connectivity index (χ4n) is 4.55. The molecule has 3 aliphatic rings. The summed E-state index contributed by atoms with van der Waals surface area (Å²) >= 11 is 0. The Morgan fingerprint density at radius 1 is 1.10 bits per heavy atom. The number of likely N-dealkylation sites (tertiary alicyclic amines) is 1. The molecule has 0 aliphatic carbocycles. The molecule has 2 N–H and O–H groups in total. The molecule has 0 aromatic heterocycles. The van der Waals surface area contributed by atoms with Gasteiger partial charge in [-0.1, -0.05) is 12.1 Å².